The molecule has 0 aromatic carbocycles. The number of rotatable bonds is 7. The lowest BCUT2D eigenvalue weighted by molar-refractivity contribution is -0.257. The van der Waals surface area contributed by atoms with E-state index < -0.39 is 18.4 Å². The Morgan fingerprint density at radius 2 is 2.00 bits per heavy atom. The molecule has 1 N–H and O–H groups in total. The van der Waals surface area contributed by atoms with Crippen LogP contribution in [-0.2, 0) is 9.47 Å². The molecule has 0 spiro atoms. The van der Waals surface area contributed by atoms with E-state index >= 15 is 0 Å². The summed E-state index contributed by atoms with van der Waals surface area (Å²) in [5, 5.41) is 3.20. The monoisotopic (exact) mass is 269 g/mol. The second-order valence-corrected chi connectivity index (χ2v) is 4.59. The Balaban J connectivity index is 2.45. The molecule has 18 heavy (non-hydrogen) atoms. The molecule has 1 rings (SSSR count). The van der Waals surface area contributed by atoms with E-state index in [0.717, 1.165) is 19.9 Å². The van der Waals surface area contributed by atoms with Crippen LogP contribution >= 0.6 is 0 Å². The standard InChI is InChI=1S/C12H22F3NO2/c1-4-6-17-11-9(16-5-2)7-10(11)18-8(3)12(13,14)15/h8-11,16H,4-7H2,1-3H3. The van der Waals surface area contributed by atoms with E-state index in [1.54, 1.807) is 0 Å². The number of hydrogen-bond donors (Lipinski definition) is 1. The number of alkyl halides is 3. The molecule has 0 radical (unpaired) electrons. The number of likely N-dealkylation sites (N-methyl/N-ethyl adjacent to an activating group) is 1. The van der Waals surface area contributed by atoms with Gasteiger partial charge >= 0.3 is 6.18 Å². The van der Waals surface area contributed by atoms with Crippen molar-refractivity contribution in [2.24, 2.45) is 0 Å². The average Bonchev–Trinajstić information content (AvgIpc) is 2.26. The highest BCUT2D eigenvalue weighted by molar-refractivity contribution is 4.97. The van der Waals surface area contributed by atoms with Gasteiger partial charge in [0.25, 0.3) is 0 Å². The highest BCUT2D eigenvalue weighted by Gasteiger charge is 2.47. The third kappa shape index (κ3) is 4.10. The van der Waals surface area contributed by atoms with Crippen molar-refractivity contribution in [2.75, 3.05) is 13.2 Å². The van der Waals surface area contributed by atoms with Crippen molar-refractivity contribution in [1.82, 2.24) is 5.32 Å². The van der Waals surface area contributed by atoms with Gasteiger partial charge in [0.05, 0.1) is 12.2 Å². The Bertz CT molecular complexity index is 248. The quantitative estimate of drug-likeness (QED) is 0.770. The molecule has 1 aliphatic rings. The van der Waals surface area contributed by atoms with E-state index in [1.807, 2.05) is 13.8 Å². The maximum atomic E-state index is 12.4. The minimum atomic E-state index is -4.31. The van der Waals surface area contributed by atoms with Gasteiger partial charge in [-0.3, -0.25) is 0 Å². The van der Waals surface area contributed by atoms with Crippen molar-refractivity contribution >= 4 is 0 Å². The van der Waals surface area contributed by atoms with Crippen LogP contribution in [0.2, 0.25) is 0 Å². The molecule has 0 aliphatic heterocycles. The zero-order chi connectivity index (χ0) is 13.8. The SMILES string of the molecule is CCCOC1C(NCC)CC1OC(C)C(F)(F)F. The van der Waals surface area contributed by atoms with Gasteiger partial charge in [0, 0.05) is 12.6 Å². The Morgan fingerprint density at radius 3 is 2.50 bits per heavy atom. The first-order chi connectivity index (χ1) is 8.40. The van der Waals surface area contributed by atoms with E-state index in [2.05, 4.69) is 5.32 Å². The van der Waals surface area contributed by atoms with Gasteiger partial charge in [-0.1, -0.05) is 13.8 Å². The van der Waals surface area contributed by atoms with Crippen molar-refractivity contribution in [2.45, 2.75) is 64.1 Å². The van der Waals surface area contributed by atoms with Crippen molar-refractivity contribution in [3.63, 3.8) is 0 Å². The zero-order valence-electron chi connectivity index (χ0n) is 11.1. The minimum absolute atomic E-state index is 0.104. The molecule has 108 valence electrons. The second-order valence-electron chi connectivity index (χ2n) is 4.59. The first-order valence-corrected chi connectivity index (χ1v) is 6.47. The average molecular weight is 269 g/mol. The molecule has 1 fully saturated rings. The zero-order valence-corrected chi connectivity index (χ0v) is 11.1. The molecule has 0 saturated heterocycles. The maximum absolute atomic E-state index is 12.4. The Labute approximate surface area is 106 Å². The minimum Gasteiger partial charge on any atom is -0.374 e. The molecule has 1 aliphatic carbocycles. The van der Waals surface area contributed by atoms with Crippen LogP contribution in [0.5, 0.6) is 0 Å². The van der Waals surface area contributed by atoms with E-state index in [4.69, 9.17) is 9.47 Å². The molecular formula is C12H22F3NO2. The fraction of sp³-hybridized carbons (Fsp3) is 1.00. The molecule has 4 unspecified atom stereocenters. The molecule has 0 bridgehead atoms. The Morgan fingerprint density at radius 1 is 1.33 bits per heavy atom. The molecule has 6 heteroatoms. The van der Waals surface area contributed by atoms with Crippen LogP contribution in [0, 0.1) is 0 Å². The fourth-order valence-electron chi connectivity index (χ4n) is 1.99. The van der Waals surface area contributed by atoms with Crippen LogP contribution in [0.1, 0.15) is 33.6 Å². The molecule has 1 saturated carbocycles. The number of halogens is 3. The smallest absolute Gasteiger partial charge is 0.374 e. The van der Waals surface area contributed by atoms with Crippen LogP contribution in [0.15, 0.2) is 0 Å². The van der Waals surface area contributed by atoms with Gasteiger partial charge in [0.2, 0.25) is 0 Å². The third-order valence-corrected chi connectivity index (χ3v) is 3.07. The molecule has 0 heterocycles. The summed E-state index contributed by atoms with van der Waals surface area (Å²) < 4.78 is 47.8. The predicted octanol–water partition coefficient (Wildman–Crippen LogP) is 2.50. The van der Waals surface area contributed by atoms with E-state index in [0.29, 0.717) is 13.0 Å². The molecule has 0 aromatic rings. The van der Waals surface area contributed by atoms with Crippen LogP contribution in [0.3, 0.4) is 0 Å². The van der Waals surface area contributed by atoms with Crippen LogP contribution in [0.25, 0.3) is 0 Å². The first kappa shape index (κ1) is 15.7. The van der Waals surface area contributed by atoms with Crippen LogP contribution < -0.4 is 5.32 Å². The normalized spacial score (nSPS) is 30.0. The lowest BCUT2D eigenvalue weighted by Gasteiger charge is -2.45. The third-order valence-electron chi connectivity index (χ3n) is 3.07. The van der Waals surface area contributed by atoms with Gasteiger partial charge in [-0.05, 0) is 26.3 Å². The highest BCUT2D eigenvalue weighted by atomic mass is 19.4. The lowest BCUT2D eigenvalue weighted by atomic mass is 9.85. The first-order valence-electron chi connectivity index (χ1n) is 6.47. The summed E-state index contributed by atoms with van der Waals surface area (Å²) in [7, 11) is 0. The van der Waals surface area contributed by atoms with Gasteiger partial charge in [0.15, 0.2) is 6.10 Å². The number of ether oxygens (including phenoxy) is 2. The van der Waals surface area contributed by atoms with Gasteiger partial charge in [0.1, 0.15) is 0 Å². The molecular weight excluding hydrogens is 247 g/mol. The van der Waals surface area contributed by atoms with Crippen molar-refractivity contribution in [3.8, 4) is 0 Å². The van der Waals surface area contributed by atoms with Crippen molar-refractivity contribution < 1.29 is 22.6 Å². The summed E-state index contributed by atoms with van der Waals surface area (Å²) in [5.74, 6) is 0. The van der Waals surface area contributed by atoms with Gasteiger partial charge in [-0.25, -0.2) is 0 Å². The summed E-state index contributed by atoms with van der Waals surface area (Å²) in [4.78, 5) is 0. The van der Waals surface area contributed by atoms with Gasteiger partial charge in [-0.15, -0.1) is 0 Å². The molecule has 3 nitrogen and oxygen atoms in total. The molecule has 0 aromatic heterocycles. The van der Waals surface area contributed by atoms with Crippen molar-refractivity contribution in [1.29, 1.82) is 0 Å². The topological polar surface area (TPSA) is 30.5 Å². The van der Waals surface area contributed by atoms with E-state index in [9.17, 15) is 13.2 Å². The second kappa shape index (κ2) is 6.73. The summed E-state index contributed by atoms with van der Waals surface area (Å²) in [6.07, 6.45) is -5.36. The lowest BCUT2D eigenvalue weighted by Crippen LogP contribution is -2.61. The Hall–Kier alpha value is -0.330. The summed E-state index contributed by atoms with van der Waals surface area (Å²) in [5.41, 5.74) is 0. The molecule has 4 atom stereocenters. The summed E-state index contributed by atoms with van der Waals surface area (Å²) >= 11 is 0. The number of nitrogens with one attached hydrogen (secondary N) is 1. The van der Waals surface area contributed by atoms with E-state index in [-0.39, 0.29) is 12.1 Å². The van der Waals surface area contributed by atoms with Gasteiger partial charge in [-0.2, -0.15) is 13.2 Å². The molecule has 0 amide bonds. The van der Waals surface area contributed by atoms with E-state index in [1.165, 1.54) is 0 Å². The van der Waals surface area contributed by atoms with Crippen molar-refractivity contribution in [3.05, 3.63) is 0 Å². The highest BCUT2D eigenvalue weighted by Crippen LogP contribution is 2.32. The van der Waals surface area contributed by atoms with Gasteiger partial charge < -0.3 is 14.8 Å². The Kier molecular flexibility index (Phi) is 5.88. The maximum Gasteiger partial charge on any atom is 0.414 e. The summed E-state index contributed by atoms with van der Waals surface area (Å²) in [6, 6.07) is 0.104. The largest absolute Gasteiger partial charge is 0.414 e. The number of hydrogen-bond acceptors (Lipinski definition) is 3. The van der Waals surface area contributed by atoms with Crippen LogP contribution in [-0.4, -0.2) is 43.7 Å². The summed E-state index contributed by atoms with van der Waals surface area (Å²) in [6.45, 7) is 6.29. The van der Waals surface area contributed by atoms with Crippen LogP contribution in [0.4, 0.5) is 13.2 Å². The fourth-order valence-corrected chi connectivity index (χ4v) is 1.99. The predicted molar refractivity (Wildman–Crippen MR) is 62.5 cm³/mol.